The molecule has 4 heteroatoms. The van der Waals surface area contributed by atoms with Gasteiger partial charge in [-0.1, -0.05) is 32.1 Å². The van der Waals surface area contributed by atoms with Crippen molar-refractivity contribution in [2.45, 2.75) is 71.3 Å². The highest BCUT2D eigenvalue weighted by molar-refractivity contribution is 14.0. The van der Waals surface area contributed by atoms with E-state index >= 15 is 0 Å². The third-order valence-corrected chi connectivity index (χ3v) is 3.28. The molecule has 0 spiro atoms. The Bertz CT molecular complexity index is 240. The summed E-state index contributed by atoms with van der Waals surface area (Å²) in [6.07, 6.45) is 9.67. The first-order chi connectivity index (χ1) is 7.97. The van der Waals surface area contributed by atoms with Gasteiger partial charge in [0.05, 0.1) is 0 Å². The van der Waals surface area contributed by atoms with Crippen LogP contribution in [-0.2, 0) is 0 Å². The molecule has 108 valence electrons. The van der Waals surface area contributed by atoms with Gasteiger partial charge in [0.2, 0.25) is 0 Å². The summed E-state index contributed by atoms with van der Waals surface area (Å²) in [5, 5.41) is 3.19. The van der Waals surface area contributed by atoms with Crippen LogP contribution in [0.2, 0.25) is 0 Å². The van der Waals surface area contributed by atoms with E-state index in [0.29, 0.717) is 5.96 Å². The number of aliphatic imine (C=N–C) groups is 1. The zero-order valence-electron chi connectivity index (χ0n) is 12.2. The van der Waals surface area contributed by atoms with E-state index in [-0.39, 0.29) is 29.5 Å². The van der Waals surface area contributed by atoms with E-state index < -0.39 is 0 Å². The van der Waals surface area contributed by atoms with E-state index in [2.05, 4.69) is 31.1 Å². The van der Waals surface area contributed by atoms with Crippen LogP contribution in [-0.4, -0.2) is 18.0 Å². The molecule has 0 aromatic rings. The fourth-order valence-electron chi connectivity index (χ4n) is 2.48. The van der Waals surface area contributed by atoms with Crippen molar-refractivity contribution in [3.63, 3.8) is 0 Å². The lowest BCUT2D eigenvalue weighted by Crippen LogP contribution is -2.45. The van der Waals surface area contributed by atoms with E-state index in [4.69, 9.17) is 5.73 Å². The number of hydrogen-bond donors (Lipinski definition) is 2. The Morgan fingerprint density at radius 3 is 2.39 bits per heavy atom. The molecule has 18 heavy (non-hydrogen) atoms. The number of halogens is 1. The van der Waals surface area contributed by atoms with E-state index in [1.807, 2.05) is 0 Å². The number of rotatable bonds is 4. The molecule has 0 amide bonds. The molecule has 1 rings (SSSR count). The third-order valence-electron chi connectivity index (χ3n) is 3.28. The van der Waals surface area contributed by atoms with Gasteiger partial charge in [-0.05, 0) is 39.5 Å². The quantitative estimate of drug-likeness (QED) is 0.345. The van der Waals surface area contributed by atoms with Gasteiger partial charge in [-0.2, -0.15) is 0 Å². The zero-order valence-corrected chi connectivity index (χ0v) is 14.5. The van der Waals surface area contributed by atoms with Crippen LogP contribution in [0.4, 0.5) is 0 Å². The van der Waals surface area contributed by atoms with E-state index in [1.165, 1.54) is 44.9 Å². The number of guanidine groups is 1. The number of hydrogen-bond acceptors (Lipinski definition) is 1. The molecule has 1 saturated carbocycles. The molecular weight excluding hydrogens is 337 g/mol. The molecule has 0 atom stereocenters. The average Bonchev–Trinajstić information content (AvgIpc) is 2.23. The summed E-state index contributed by atoms with van der Waals surface area (Å²) in [6.45, 7) is 7.15. The molecule has 3 nitrogen and oxygen atoms in total. The minimum Gasteiger partial charge on any atom is -0.370 e. The first kappa shape index (κ1) is 18.0. The molecule has 0 bridgehead atoms. The molecule has 0 aromatic carbocycles. The molecule has 0 heterocycles. The van der Waals surface area contributed by atoms with Gasteiger partial charge in [0.15, 0.2) is 5.96 Å². The van der Waals surface area contributed by atoms with Gasteiger partial charge in [-0.15, -0.1) is 24.0 Å². The lowest BCUT2D eigenvalue weighted by atomic mass is 9.86. The van der Waals surface area contributed by atoms with Crippen molar-refractivity contribution in [3.05, 3.63) is 0 Å². The lowest BCUT2D eigenvalue weighted by molar-refractivity contribution is 0.334. The second-order valence-corrected chi connectivity index (χ2v) is 6.29. The predicted molar refractivity (Wildman–Crippen MR) is 90.6 cm³/mol. The number of nitrogens with one attached hydrogen (secondary N) is 1. The van der Waals surface area contributed by atoms with Crippen LogP contribution in [0.1, 0.15) is 65.7 Å². The SMILES string of the molecule is CC(C)(C)NC(N)=NCCCC1CCCCC1.I. The second-order valence-electron chi connectivity index (χ2n) is 6.29. The van der Waals surface area contributed by atoms with Gasteiger partial charge in [0.25, 0.3) is 0 Å². The third kappa shape index (κ3) is 9.00. The first-order valence-corrected chi connectivity index (χ1v) is 7.05. The Balaban J connectivity index is 0.00000289. The fourth-order valence-corrected chi connectivity index (χ4v) is 2.48. The normalized spacial score (nSPS) is 18.3. The van der Waals surface area contributed by atoms with Crippen molar-refractivity contribution >= 4 is 29.9 Å². The maximum Gasteiger partial charge on any atom is 0.188 e. The van der Waals surface area contributed by atoms with Gasteiger partial charge in [-0.3, -0.25) is 4.99 Å². The Kier molecular flexibility index (Phi) is 8.99. The zero-order chi connectivity index (χ0) is 12.7. The van der Waals surface area contributed by atoms with Gasteiger partial charge in [0.1, 0.15) is 0 Å². The van der Waals surface area contributed by atoms with Crippen LogP contribution >= 0.6 is 24.0 Å². The van der Waals surface area contributed by atoms with Crippen LogP contribution in [0.25, 0.3) is 0 Å². The molecule has 0 unspecified atom stereocenters. The predicted octanol–water partition coefficient (Wildman–Crippen LogP) is 3.67. The number of nitrogens with two attached hydrogens (primary N) is 1. The Morgan fingerprint density at radius 2 is 1.83 bits per heavy atom. The first-order valence-electron chi connectivity index (χ1n) is 7.05. The van der Waals surface area contributed by atoms with Crippen LogP contribution < -0.4 is 11.1 Å². The van der Waals surface area contributed by atoms with Crippen molar-refractivity contribution in [1.82, 2.24) is 5.32 Å². The average molecular weight is 367 g/mol. The van der Waals surface area contributed by atoms with Crippen molar-refractivity contribution in [3.8, 4) is 0 Å². The fraction of sp³-hybridized carbons (Fsp3) is 0.929. The van der Waals surface area contributed by atoms with Gasteiger partial charge >= 0.3 is 0 Å². The Labute approximate surface area is 129 Å². The largest absolute Gasteiger partial charge is 0.370 e. The minimum absolute atomic E-state index is 0. The van der Waals surface area contributed by atoms with E-state index in [9.17, 15) is 0 Å². The van der Waals surface area contributed by atoms with Crippen LogP contribution in [0, 0.1) is 5.92 Å². The topological polar surface area (TPSA) is 50.4 Å². The highest BCUT2D eigenvalue weighted by Gasteiger charge is 2.12. The minimum atomic E-state index is 0. The maximum atomic E-state index is 5.82. The summed E-state index contributed by atoms with van der Waals surface area (Å²) >= 11 is 0. The van der Waals surface area contributed by atoms with E-state index in [1.54, 1.807) is 0 Å². The standard InChI is InChI=1S/C14H29N3.HI/c1-14(2,3)17-13(15)16-11-7-10-12-8-5-4-6-9-12;/h12H,4-11H2,1-3H3,(H3,15,16,17);1H. The second kappa shape index (κ2) is 8.99. The molecule has 1 aliphatic rings. The van der Waals surface area contributed by atoms with Crippen molar-refractivity contribution in [2.24, 2.45) is 16.6 Å². The van der Waals surface area contributed by atoms with Crippen molar-refractivity contribution < 1.29 is 0 Å². The Hall–Kier alpha value is 0. The highest BCUT2D eigenvalue weighted by Crippen LogP contribution is 2.27. The van der Waals surface area contributed by atoms with Gasteiger partial charge in [-0.25, -0.2) is 0 Å². The molecular formula is C14H30IN3. The Morgan fingerprint density at radius 1 is 1.22 bits per heavy atom. The summed E-state index contributed by atoms with van der Waals surface area (Å²) in [4.78, 5) is 4.38. The van der Waals surface area contributed by atoms with Gasteiger partial charge in [0, 0.05) is 12.1 Å². The molecule has 1 fully saturated rings. The van der Waals surface area contributed by atoms with E-state index in [0.717, 1.165) is 12.5 Å². The molecule has 1 aliphatic carbocycles. The highest BCUT2D eigenvalue weighted by atomic mass is 127. The summed E-state index contributed by atoms with van der Waals surface area (Å²) in [5.41, 5.74) is 5.83. The summed E-state index contributed by atoms with van der Waals surface area (Å²) in [6, 6.07) is 0. The smallest absolute Gasteiger partial charge is 0.188 e. The molecule has 0 saturated heterocycles. The van der Waals surface area contributed by atoms with Crippen molar-refractivity contribution in [1.29, 1.82) is 0 Å². The number of nitrogens with zero attached hydrogens (tertiary/aromatic N) is 1. The molecule has 0 radical (unpaired) electrons. The maximum absolute atomic E-state index is 5.82. The van der Waals surface area contributed by atoms with Crippen LogP contribution in [0.15, 0.2) is 4.99 Å². The summed E-state index contributed by atoms with van der Waals surface area (Å²) < 4.78 is 0. The summed E-state index contributed by atoms with van der Waals surface area (Å²) in [7, 11) is 0. The monoisotopic (exact) mass is 367 g/mol. The summed E-state index contributed by atoms with van der Waals surface area (Å²) in [5.74, 6) is 1.54. The van der Waals surface area contributed by atoms with Gasteiger partial charge < -0.3 is 11.1 Å². The van der Waals surface area contributed by atoms with Crippen LogP contribution in [0.3, 0.4) is 0 Å². The van der Waals surface area contributed by atoms with Crippen molar-refractivity contribution in [2.75, 3.05) is 6.54 Å². The molecule has 0 aliphatic heterocycles. The lowest BCUT2D eigenvalue weighted by Gasteiger charge is -2.22. The van der Waals surface area contributed by atoms with Crippen LogP contribution in [0.5, 0.6) is 0 Å². The molecule has 3 N–H and O–H groups in total. The molecule has 0 aromatic heterocycles.